The van der Waals surface area contributed by atoms with Crippen molar-refractivity contribution in [3.8, 4) is 5.75 Å². The maximum Gasteiger partial charge on any atom is 0.459 e. The summed E-state index contributed by atoms with van der Waals surface area (Å²) in [5.74, 6) is 0.00447. The topological polar surface area (TPSA) is 176 Å². The quantitative estimate of drug-likeness (QED) is 0.199. The first-order valence-electron chi connectivity index (χ1n) is 14.0. The zero-order valence-corrected chi connectivity index (χ0v) is 25.5. The van der Waals surface area contributed by atoms with Crippen molar-refractivity contribution in [2.45, 2.75) is 82.8 Å². The molecule has 0 spiro atoms. The summed E-state index contributed by atoms with van der Waals surface area (Å²) >= 11 is 0. The summed E-state index contributed by atoms with van der Waals surface area (Å²) in [5, 5.41) is 13.6. The van der Waals surface area contributed by atoms with Crippen LogP contribution in [-0.2, 0) is 23.4 Å². The van der Waals surface area contributed by atoms with Gasteiger partial charge in [0.1, 0.15) is 23.5 Å². The molecule has 1 saturated heterocycles. The fourth-order valence-corrected chi connectivity index (χ4v) is 6.35. The Balaban J connectivity index is 1.38. The number of fused-ring (bicyclic) bond motifs is 1. The van der Waals surface area contributed by atoms with Crippen LogP contribution in [0, 0.1) is 0 Å². The number of carbonyl (C=O) groups excluding carboxylic acids is 1. The molecule has 43 heavy (non-hydrogen) atoms. The van der Waals surface area contributed by atoms with Gasteiger partial charge in [-0.3, -0.25) is 13.9 Å². The van der Waals surface area contributed by atoms with E-state index < -0.39 is 56.6 Å². The summed E-state index contributed by atoms with van der Waals surface area (Å²) in [6, 6.07) is 7.39. The van der Waals surface area contributed by atoms with E-state index >= 15 is 4.39 Å². The first kappa shape index (κ1) is 31.1. The highest BCUT2D eigenvalue weighted by molar-refractivity contribution is 7.52. The molecular weight excluding hydrogens is 584 g/mol. The summed E-state index contributed by atoms with van der Waals surface area (Å²) in [4.78, 5) is 27.4. The number of aliphatic hydroxyl groups is 1. The van der Waals surface area contributed by atoms with Gasteiger partial charge in [-0.2, -0.15) is 15.1 Å². The highest BCUT2D eigenvalue weighted by Gasteiger charge is 2.55. The number of esters is 1. The van der Waals surface area contributed by atoms with Gasteiger partial charge >= 0.3 is 13.7 Å². The van der Waals surface area contributed by atoms with Crippen LogP contribution >= 0.6 is 7.75 Å². The normalized spacial score (nSPS) is 25.9. The minimum atomic E-state index is -4.31. The lowest BCUT2D eigenvalue weighted by atomic mass is 9.99. The molecule has 2 fully saturated rings. The Morgan fingerprint density at radius 3 is 2.65 bits per heavy atom. The number of nitrogens with one attached hydrogen (secondary N) is 1. The fourth-order valence-electron chi connectivity index (χ4n) is 4.77. The van der Waals surface area contributed by atoms with Gasteiger partial charge in [-0.25, -0.2) is 13.9 Å². The number of hydrogen-bond donors (Lipinski definition) is 3. The van der Waals surface area contributed by atoms with Gasteiger partial charge in [-0.05, 0) is 52.7 Å². The van der Waals surface area contributed by atoms with Crippen LogP contribution in [0.5, 0.6) is 5.75 Å². The van der Waals surface area contributed by atoms with Gasteiger partial charge in [0.2, 0.25) is 5.95 Å². The molecule has 5 rings (SSSR count). The van der Waals surface area contributed by atoms with Crippen molar-refractivity contribution in [3.05, 3.63) is 36.7 Å². The molecule has 2 aromatic heterocycles. The molecule has 3 aromatic rings. The minimum Gasteiger partial charge on any atom is -0.462 e. The third-order valence-electron chi connectivity index (χ3n) is 7.26. The van der Waals surface area contributed by atoms with Crippen molar-refractivity contribution in [1.29, 1.82) is 0 Å². The molecule has 0 amide bonds. The van der Waals surface area contributed by atoms with Crippen molar-refractivity contribution < 1.29 is 37.4 Å². The number of ether oxygens (including phenoxy) is 2. The minimum absolute atomic E-state index is 0.0213. The summed E-state index contributed by atoms with van der Waals surface area (Å²) in [5.41, 5.74) is 4.93. The molecule has 1 aliphatic carbocycles. The van der Waals surface area contributed by atoms with Crippen molar-refractivity contribution >= 4 is 36.6 Å². The van der Waals surface area contributed by atoms with Gasteiger partial charge in [0.25, 0.3) is 0 Å². The molecule has 0 unspecified atom stereocenters. The van der Waals surface area contributed by atoms with Crippen molar-refractivity contribution in [3.63, 3.8) is 0 Å². The second-order valence-electron chi connectivity index (χ2n) is 11.3. The Kier molecular flexibility index (Phi) is 8.65. The molecule has 2 aliphatic rings. The van der Waals surface area contributed by atoms with Crippen LogP contribution in [0.25, 0.3) is 11.2 Å². The highest BCUT2D eigenvalue weighted by atomic mass is 31.2. The van der Waals surface area contributed by atoms with E-state index in [-0.39, 0.29) is 17.3 Å². The first-order valence-corrected chi connectivity index (χ1v) is 15.5. The van der Waals surface area contributed by atoms with E-state index in [1.807, 2.05) is 11.9 Å². The Bertz CT molecular complexity index is 1510. The molecule has 16 heteroatoms. The second-order valence-corrected chi connectivity index (χ2v) is 13.0. The number of nitrogens with two attached hydrogens (primary N) is 1. The van der Waals surface area contributed by atoms with Gasteiger partial charge in [-0.15, -0.1) is 0 Å². The van der Waals surface area contributed by atoms with Gasteiger partial charge in [-0.1, -0.05) is 18.2 Å². The lowest BCUT2D eigenvalue weighted by Gasteiger charge is -2.30. The van der Waals surface area contributed by atoms with Crippen molar-refractivity contribution in [1.82, 2.24) is 24.6 Å². The van der Waals surface area contributed by atoms with E-state index in [1.165, 1.54) is 24.7 Å². The summed E-state index contributed by atoms with van der Waals surface area (Å²) in [6.07, 6.45) is -2.07. The molecule has 1 aliphatic heterocycles. The third kappa shape index (κ3) is 6.60. The SMILES string of the molecule is CC(C)OC(=O)[C@H](C)N[P@](=O)(OC[C@@]1(C)O[C@@H](n2cnc3c(N(C)C4CC4)nc(N)nc32)[C@H](F)[C@@H]1O)Oc1ccccc1. The molecule has 234 valence electrons. The van der Waals surface area contributed by atoms with E-state index in [9.17, 15) is 14.5 Å². The van der Waals surface area contributed by atoms with Crippen molar-refractivity contribution in [2.75, 3.05) is 24.3 Å². The molecule has 3 heterocycles. The zero-order valence-electron chi connectivity index (χ0n) is 24.6. The van der Waals surface area contributed by atoms with E-state index in [2.05, 4.69) is 20.0 Å². The summed E-state index contributed by atoms with van der Waals surface area (Å²) < 4.78 is 53.6. The number of rotatable bonds is 12. The average Bonchev–Trinajstić information content (AvgIpc) is 3.68. The van der Waals surface area contributed by atoms with Gasteiger partial charge in [0, 0.05) is 13.1 Å². The number of aliphatic hydroxyl groups excluding tert-OH is 1. The number of halogens is 1. The van der Waals surface area contributed by atoms with E-state index in [4.69, 9.17) is 24.3 Å². The number of carbonyl (C=O) groups is 1. The smallest absolute Gasteiger partial charge is 0.459 e. The Morgan fingerprint density at radius 1 is 1.30 bits per heavy atom. The highest BCUT2D eigenvalue weighted by Crippen LogP contribution is 2.48. The molecule has 1 aromatic carbocycles. The Labute approximate surface area is 248 Å². The Hall–Kier alpha value is -3.36. The van der Waals surface area contributed by atoms with Crippen LogP contribution in [0.3, 0.4) is 0 Å². The molecular formula is C27H37FN7O7P. The standard InChI is InChI=1S/C27H37FN7O7P/c1-15(2)40-25(37)16(3)33-43(38,42-18-9-7-6-8-10-18)39-13-27(4)21(36)19(28)24(41-27)35-14-30-20-22(34(5)17-11-12-17)31-26(29)32-23(20)35/h6-10,14-17,19,21,24,36H,11-13H2,1-5H3,(H,33,38)(H2,29,31,32)/t16-,19+,21-,24+,27+,43-/m0/s1. The number of imidazole rings is 1. The monoisotopic (exact) mass is 621 g/mol. The van der Waals surface area contributed by atoms with Gasteiger partial charge in [0.15, 0.2) is 29.4 Å². The van der Waals surface area contributed by atoms with E-state index in [1.54, 1.807) is 44.2 Å². The maximum atomic E-state index is 15.7. The number of para-hydroxylation sites is 1. The predicted molar refractivity (Wildman–Crippen MR) is 155 cm³/mol. The number of benzene rings is 1. The van der Waals surface area contributed by atoms with Gasteiger partial charge < -0.3 is 29.7 Å². The second kappa shape index (κ2) is 12.0. The number of aromatic nitrogens is 4. The van der Waals surface area contributed by atoms with E-state index in [0.717, 1.165) is 12.8 Å². The lowest BCUT2D eigenvalue weighted by molar-refractivity contribution is -0.149. The molecule has 6 atom stereocenters. The number of nitrogen functional groups attached to an aromatic ring is 1. The first-order chi connectivity index (χ1) is 20.3. The Morgan fingerprint density at radius 2 is 2.00 bits per heavy atom. The summed E-state index contributed by atoms with van der Waals surface area (Å²) in [7, 11) is -2.43. The van der Waals surface area contributed by atoms with Crippen LogP contribution in [0.2, 0.25) is 0 Å². The van der Waals surface area contributed by atoms with Crippen LogP contribution in [0.15, 0.2) is 36.7 Å². The maximum absolute atomic E-state index is 15.7. The van der Waals surface area contributed by atoms with Crippen LogP contribution < -0.4 is 20.2 Å². The number of hydrogen-bond acceptors (Lipinski definition) is 12. The van der Waals surface area contributed by atoms with Crippen molar-refractivity contribution in [2.24, 2.45) is 0 Å². The predicted octanol–water partition coefficient (Wildman–Crippen LogP) is 3.13. The third-order valence-corrected chi connectivity index (χ3v) is 8.88. The van der Waals surface area contributed by atoms with Gasteiger partial charge in [0.05, 0.1) is 19.0 Å². The van der Waals surface area contributed by atoms with Crippen LogP contribution in [0.1, 0.15) is 46.8 Å². The number of anilines is 2. The number of alkyl halides is 1. The number of nitrogens with zero attached hydrogens (tertiary/aromatic N) is 5. The molecule has 14 nitrogen and oxygen atoms in total. The molecule has 1 saturated carbocycles. The molecule has 4 N–H and O–H groups in total. The van der Waals surface area contributed by atoms with Crippen LogP contribution in [0.4, 0.5) is 16.2 Å². The molecule has 0 radical (unpaired) electrons. The summed E-state index contributed by atoms with van der Waals surface area (Å²) in [6.45, 7) is 5.65. The lowest BCUT2D eigenvalue weighted by Crippen LogP contribution is -2.44. The largest absolute Gasteiger partial charge is 0.462 e. The van der Waals surface area contributed by atoms with Crippen LogP contribution in [-0.4, -0.2) is 80.3 Å². The van der Waals surface area contributed by atoms with E-state index in [0.29, 0.717) is 17.4 Å². The zero-order chi connectivity index (χ0) is 31.1. The average molecular weight is 622 g/mol. The fraction of sp³-hybridized carbons (Fsp3) is 0.556. The molecule has 0 bridgehead atoms.